The van der Waals surface area contributed by atoms with E-state index in [1.165, 1.54) is 0 Å². The van der Waals surface area contributed by atoms with Crippen LogP contribution in [0, 0.1) is 0 Å². The number of likely N-dealkylation sites (N-methyl/N-ethyl adjacent to an activating group) is 1. The van der Waals surface area contributed by atoms with E-state index in [-0.39, 0.29) is 6.54 Å². The van der Waals surface area contributed by atoms with Crippen LogP contribution in [0.25, 0.3) is 0 Å². The second kappa shape index (κ2) is 7.18. The third kappa shape index (κ3) is 3.32. The van der Waals surface area contributed by atoms with Crippen molar-refractivity contribution in [3.8, 4) is 0 Å². The van der Waals surface area contributed by atoms with Gasteiger partial charge in [-0.05, 0) is 44.3 Å². The minimum atomic E-state index is -2.73. The van der Waals surface area contributed by atoms with Gasteiger partial charge in [0.25, 0.3) is 0 Å². The molecule has 0 amide bonds. The summed E-state index contributed by atoms with van der Waals surface area (Å²) < 4.78 is 66.1. The van der Waals surface area contributed by atoms with Crippen molar-refractivity contribution in [2.75, 3.05) is 51.0 Å². The van der Waals surface area contributed by atoms with E-state index in [4.69, 9.17) is 11.0 Å². The molecule has 2 aromatic carbocycles. The smallest absolute Gasteiger partial charge is 0.0552 e. The number of benzene rings is 2. The number of fused-ring (bicyclic) bond motifs is 2. The highest BCUT2D eigenvalue weighted by Gasteiger charge is 2.22. The lowest BCUT2D eigenvalue weighted by Gasteiger charge is -2.35. The summed E-state index contributed by atoms with van der Waals surface area (Å²) in [7, 11) is 1.08. The minimum absolute atomic E-state index is 0.152. The fraction of sp³-hybridized carbons (Fsp3) is 0.400. The van der Waals surface area contributed by atoms with Gasteiger partial charge in [0.15, 0.2) is 0 Å². The lowest BCUT2D eigenvalue weighted by molar-refractivity contribution is 0.153. The predicted molar refractivity (Wildman–Crippen MR) is 103 cm³/mol. The van der Waals surface area contributed by atoms with E-state index < -0.39 is 26.0 Å². The molecule has 0 N–H and O–H groups in total. The Morgan fingerprint density at radius 3 is 2.08 bits per heavy atom. The van der Waals surface area contributed by atoms with Crippen molar-refractivity contribution in [2.24, 2.45) is 0 Å². The van der Waals surface area contributed by atoms with Gasteiger partial charge in [-0.2, -0.15) is 0 Å². The second-order valence-electron chi connectivity index (χ2n) is 5.70. The molecule has 1 saturated heterocycles. The molecule has 0 aliphatic carbocycles. The van der Waals surface area contributed by atoms with E-state index >= 15 is 0 Å². The third-order valence-corrected chi connectivity index (χ3v) is 5.13. The monoisotopic (exact) mass is 347 g/mol. The number of anilines is 2. The first-order chi connectivity index (χ1) is 14.8. The van der Waals surface area contributed by atoms with Crippen molar-refractivity contribution in [3.63, 3.8) is 0 Å². The first-order valence-corrected chi connectivity index (χ1v) is 8.80. The highest BCUT2D eigenvalue weighted by atomic mass is 32.2. The standard InChI is InChI=1S/C20H25N3S/c1-21-13-15-22(16-14-21)11-6-12-23-17-7-2-4-9-19(17)24-20-10-5-3-8-18(20)23/h2-5,7-10H,6,11-16H2,1H3/i13D2,14D2,15D2,16D2. The fourth-order valence-electron chi connectivity index (χ4n) is 2.85. The Bertz CT molecular complexity index is 942. The molecule has 126 valence electrons. The summed E-state index contributed by atoms with van der Waals surface area (Å²) in [6.07, 6.45) is 0.308. The molecule has 2 aliphatic heterocycles. The van der Waals surface area contributed by atoms with Crippen LogP contribution in [0.15, 0.2) is 58.3 Å². The van der Waals surface area contributed by atoms with E-state index in [2.05, 4.69) is 4.90 Å². The van der Waals surface area contributed by atoms with Crippen molar-refractivity contribution >= 4 is 23.1 Å². The van der Waals surface area contributed by atoms with Crippen LogP contribution >= 0.6 is 11.8 Å². The maximum atomic E-state index is 8.36. The molecule has 3 nitrogen and oxygen atoms in total. The molecule has 4 heteroatoms. The molecule has 1 fully saturated rings. The summed E-state index contributed by atoms with van der Waals surface area (Å²) in [5, 5.41) is 0. The molecule has 0 atom stereocenters. The Hall–Kier alpha value is -1.49. The van der Waals surface area contributed by atoms with Gasteiger partial charge in [0.05, 0.1) is 11.4 Å². The number of para-hydroxylation sites is 2. The summed E-state index contributed by atoms with van der Waals surface area (Å²) in [4.78, 5) is 5.50. The second-order valence-corrected chi connectivity index (χ2v) is 6.78. The molecule has 0 saturated carbocycles. The maximum Gasteiger partial charge on any atom is 0.0552 e. The molecule has 0 radical (unpaired) electrons. The summed E-state index contributed by atoms with van der Waals surface area (Å²) >= 11 is 1.67. The van der Waals surface area contributed by atoms with E-state index in [1.807, 2.05) is 48.5 Å². The van der Waals surface area contributed by atoms with Gasteiger partial charge >= 0.3 is 0 Å². The highest BCUT2D eigenvalue weighted by Crippen LogP contribution is 2.47. The van der Waals surface area contributed by atoms with Crippen molar-refractivity contribution in [1.29, 1.82) is 0 Å². The van der Waals surface area contributed by atoms with E-state index in [1.54, 1.807) is 11.8 Å². The summed E-state index contributed by atoms with van der Waals surface area (Å²) in [6, 6.07) is 15.9. The Morgan fingerprint density at radius 2 is 1.46 bits per heavy atom. The number of piperazine rings is 1. The van der Waals surface area contributed by atoms with Gasteiger partial charge in [-0.15, -0.1) is 0 Å². The van der Waals surface area contributed by atoms with Crippen molar-refractivity contribution in [3.05, 3.63) is 48.5 Å². The first-order valence-electron chi connectivity index (χ1n) is 12.0. The van der Waals surface area contributed by atoms with Crippen LogP contribution in [0.2, 0.25) is 0 Å². The van der Waals surface area contributed by atoms with Crippen LogP contribution < -0.4 is 4.90 Å². The van der Waals surface area contributed by atoms with Crippen molar-refractivity contribution < 1.29 is 11.0 Å². The molecule has 0 bridgehead atoms. The van der Waals surface area contributed by atoms with Crippen LogP contribution in [-0.2, 0) is 0 Å². The highest BCUT2D eigenvalue weighted by molar-refractivity contribution is 7.99. The van der Waals surface area contributed by atoms with Gasteiger partial charge in [-0.3, -0.25) is 0 Å². The summed E-state index contributed by atoms with van der Waals surface area (Å²) in [6.45, 7) is -10.6. The Kier molecular flexibility index (Phi) is 2.77. The van der Waals surface area contributed by atoms with Crippen molar-refractivity contribution in [2.45, 2.75) is 16.2 Å². The van der Waals surface area contributed by atoms with Gasteiger partial charge in [0.2, 0.25) is 0 Å². The molecule has 2 heterocycles. The molecule has 2 aliphatic rings. The Balaban J connectivity index is 1.61. The molecule has 2 aromatic rings. The van der Waals surface area contributed by atoms with Gasteiger partial charge in [-0.1, -0.05) is 36.0 Å². The van der Waals surface area contributed by atoms with Gasteiger partial charge < -0.3 is 14.7 Å². The van der Waals surface area contributed by atoms with Crippen LogP contribution in [0.4, 0.5) is 11.4 Å². The Morgan fingerprint density at radius 1 is 0.875 bits per heavy atom. The van der Waals surface area contributed by atoms with E-state index in [0.717, 1.165) is 28.2 Å². The quantitative estimate of drug-likeness (QED) is 0.829. The van der Waals surface area contributed by atoms with Crippen LogP contribution in [0.1, 0.15) is 17.4 Å². The zero-order valence-corrected chi connectivity index (χ0v) is 14.3. The molecule has 0 unspecified atom stereocenters. The van der Waals surface area contributed by atoms with Crippen LogP contribution in [-0.4, -0.2) is 55.9 Å². The van der Waals surface area contributed by atoms with Crippen LogP contribution in [0.5, 0.6) is 0 Å². The molecule has 0 aromatic heterocycles. The zero-order valence-electron chi connectivity index (χ0n) is 21.5. The minimum Gasteiger partial charge on any atom is -0.340 e. The molecular formula is C20H25N3S. The lowest BCUT2D eigenvalue weighted by Crippen LogP contribution is -2.45. The fourth-order valence-corrected chi connectivity index (χ4v) is 3.94. The summed E-state index contributed by atoms with van der Waals surface area (Å²) in [5.74, 6) is 0. The van der Waals surface area contributed by atoms with E-state index in [0.29, 0.717) is 22.8 Å². The molecule has 4 rings (SSSR count). The van der Waals surface area contributed by atoms with Gasteiger partial charge in [0, 0.05) is 53.3 Å². The topological polar surface area (TPSA) is 9.72 Å². The Labute approximate surface area is 160 Å². The molecular weight excluding hydrogens is 314 g/mol. The number of hydrogen-bond acceptors (Lipinski definition) is 4. The SMILES string of the molecule is [2H]C1([2H])N(C)C([2H])([2H])C([2H])([2H])N(CCCN2c3ccccc3Sc3ccccc32)C1([2H])[2H]. The summed E-state index contributed by atoms with van der Waals surface area (Å²) in [5.41, 5.74) is 2.01. The third-order valence-electron chi connectivity index (χ3n) is 4.00. The lowest BCUT2D eigenvalue weighted by atomic mass is 10.2. The van der Waals surface area contributed by atoms with Gasteiger partial charge in [-0.25, -0.2) is 0 Å². The largest absolute Gasteiger partial charge is 0.340 e. The predicted octanol–water partition coefficient (Wildman–Crippen LogP) is 3.93. The number of nitrogens with zero attached hydrogens (tertiary/aromatic N) is 3. The molecule has 0 spiro atoms. The zero-order chi connectivity index (χ0) is 23.5. The average Bonchev–Trinajstić information content (AvgIpc) is 2.74. The number of rotatable bonds is 4. The van der Waals surface area contributed by atoms with E-state index in [9.17, 15) is 0 Å². The van der Waals surface area contributed by atoms with Gasteiger partial charge in [0.1, 0.15) is 0 Å². The maximum absolute atomic E-state index is 8.36. The number of hydrogen-bond donors (Lipinski definition) is 0. The van der Waals surface area contributed by atoms with Crippen molar-refractivity contribution in [1.82, 2.24) is 9.80 Å². The normalized spacial score (nSPS) is 31.6. The first kappa shape index (κ1) is 9.27. The average molecular weight is 348 g/mol. The molecule has 24 heavy (non-hydrogen) atoms. The van der Waals surface area contributed by atoms with Crippen LogP contribution in [0.3, 0.4) is 0 Å².